The van der Waals surface area contributed by atoms with Gasteiger partial charge in [-0.3, -0.25) is 14.7 Å². The summed E-state index contributed by atoms with van der Waals surface area (Å²) in [5.74, 6) is -1.26. The molecular weight excluding hydrogens is 333 g/mol. The highest BCUT2D eigenvalue weighted by Crippen LogP contribution is 2.33. The average molecular weight is 339 g/mol. The van der Waals surface area contributed by atoms with E-state index in [9.17, 15) is 23.3 Å². The van der Waals surface area contributed by atoms with Gasteiger partial charge in [0.25, 0.3) is 5.69 Å². The van der Waals surface area contributed by atoms with Crippen molar-refractivity contribution in [2.75, 3.05) is 0 Å². The Morgan fingerprint density at radius 2 is 2.05 bits per heavy atom. The van der Waals surface area contributed by atoms with Gasteiger partial charge in [0.2, 0.25) is 10.6 Å². The maximum atomic E-state index is 13.0. The van der Waals surface area contributed by atoms with Crippen LogP contribution < -0.4 is 0 Å². The van der Waals surface area contributed by atoms with Crippen LogP contribution in [0, 0.1) is 14.9 Å². The molecule has 6 nitrogen and oxygen atoms in total. The Hall–Kier alpha value is -1.94. The van der Waals surface area contributed by atoms with Crippen LogP contribution in [0.25, 0.3) is 5.69 Å². The fourth-order valence-electron chi connectivity index (χ4n) is 1.66. The summed E-state index contributed by atoms with van der Waals surface area (Å²) in [5, 5.41) is 13.7. The van der Waals surface area contributed by atoms with Crippen LogP contribution in [0.15, 0.2) is 18.2 Å². The van der Waals surface area contributed by atoms with Crippen LogP contribution in [-0.2, 0) is 13.2 Å². The van der Waals surface area contributed by atoms with Gasteiger partial charge in [0.05, 0.1) is 15.6 Å². The summed E-state index contributed by atoms with van der Waals surface area (Å²) in [5.41, 5.74) is -0.472. The van der Waals surface area contributed by atoms with E-state index in [-0.39, 0.29) is 21.2 Å². The number of hydrogen-bond donors (Lipinski definition) is 0. The zero-order chi connectivity index (χ0) is 15.9. The minimum absolute atomic E-state index is 0.132. The van der Waals surface area contributed by atoms with E-state index >= 15 is 0 Å². The van der Waals surface area contributed by atoms with Crippen LogP contribution in [-0.4, -0.2) is 19.3 Å². The van der Waals surface area contributed by atoms with Gasteiger partial charge in [-0.2, -0.15) is 13.2 Å². The lowest BCUT2D eigenvalue weighted by molar-refractivity contribution is -0.384. The number of aryl methyl sites for hydroxylation is 1. The highest BCUT2D eigenvalue weighted by Gasteiger charge is 2.39. The lowest BCUT2D eigenvalue weighted by Gasteiger charge is -2.10. The van der Waals surface area contributed by atoms with Crippen molar-refractivity contribution < 1.29 is 18.1 Å². The zero-order valence-electron chi connectivity index (χ0n) is 10.3. The number of non-ortho nitro benzene ring substituents is 1. The fraction of sp³-hybridized carbons (Fsp3) is 0.200. The Morgan fingerprint density at radius 1 is 1.43 bits per heavy atom. The molecule has 0 N–H and O–H groups in total. The van der Waals surface area contributed by atoms with Gasteiger partial charge >= 0.3 is 6.18 Å². The number of rotatable bonds is 2. The summed E-state index contributed by atoms with van der Waals surface area (Å²) in [7, 11) is 1.26. The van der Waals surface area contributed by atoms with Gasteiger partial charge in [0, 0.05) is 19.2 Å². The molecule has 112 valence electrons. The standard InChI is InChI=1S/C10H6ClF3N4O2S/c1-16-9(21)17(8(15-16)10(12,13)14)7-3-2-5(18(19)20)4-6(7)11/h2-4H,1H3. The van der Waals surface area contributed by atoms with Crippen molar-refractivity contribution in [1.29, 1.82) is 0 Å². The van der Waals surface area contributed by atoms with E-state index in [0.29, 0.717) is 4.57 Å². The molecule has 1 aromatic heterocycles. The summed E-state index contributed by atoms with van der Waals surface area (Å²) < 4.78 is 40.2. The van der Waals surface area contributed by atoms with E-state index in [1.807, 2.05) is 0 Å². The summed E-state index contributed by atoms with van der Waals surface area (Å²) in [6, 6.07) is 3.08. The summed E-state index contributed by atoms with van der Waals surface area (Å²) in [6.07, 6.45) is -4.75. The van der Waals surface area contributed by atoms with Crippen LogP contribution in [0.5, 0.6) is 0 Å². The molecule has 0 saturated heterocycles. The quantitative estimate of drug-likeness (QED) is 0.477. The molecule has 0 bridgehead atoms. The molecule has 1 heterocycles. The van der Waals surface area contributed by atoms with Gasteiger partial charge in [0.15, 0.2) is 0 Å². The Balaban J connectivity index is 2.73. The number of alkyl halides is 3. The van der Waals surface area contributed by atoms with Crippen molar-refractivity contribution in [1.82, 2.24) is 14.3 Å². The van der Waals surface area contributed by atoms with E-state index in [4.69, 9.17) is 23.8 Å². The van der Waals surface area contributed by atoms with Crippen molar-refractivity contribution in [2.45, 2.75) is 6.18 Å². The number of aromatic nitrogens is 3. The van der Waals surface area contributed by atoms with Crippen LogP contribution >= 0.6 is 23.8 Å². The first-order valence-corrected chi connectivity index (χ1v) is 6.09. The first-order valence-electron chi connectivity index (χ1n) is 5.30. The van der Waals surface area contributed by atoms with Gasteiger partial charge in [-0.25, -0.2) is 4.68 Å². The van der Waals surface area contributed by atoms with E-state index in [1.165, 1.54) is 7.05 Å². The van der Waals surface area contributed by atoms with Crippen LogP contribution in [0.1, 0.15) is 5.82 Å². The van der Waals surface area contributed by atoms with Crippen molar-refractivity contribution in [3.63, 3.8) is 0 Å². The van der Waals surface area contributed by atoms with Crippen molar-refractivity contribution in [3.8, 4) is 5.69 Å². The molecule has 2 rings (SSSR count). The molecule has 0 spiro atoms. The summed E-state index contributed by atoms with van der Waals surface area (Å²) >= 11 is 10.7. The maximum Gasteiger partial charge on any atom is 0.452 e. The van der Waals surface area contributed by atoms with E-state index in [2.05, 4.69) is 5.10 Å². The second-order valence-corrected chi connectivity index (χ2v) is 4.73. The van der Waals surface area contributed by atoms with Crippen LogP contribution in [0.2, 0.25) is 5.02 Å². The molecule has 0 saturated carbocycles. The number of hydrogen-bond acceptors (Lipinski definition) is 4. The van der Waals surface area contributed by atoms with Gasteiger partial charge in [-0.1, -0.05) is 11.6 Å². The highest BCUT2D eigenvalue weighted by atomic mass is 35.5. The smallest absolute Gasteiger partial charge is 0.263 e. The molecule has 0 aliphatic heterocycles. The minimum Gasteiger partial charge on any atom is -0.263 e. The van der Waals surface area contributed by atoms with E-state index in [0.717, 1.165) is 22.9 Å². The van der Waals surface area contributed by atoms with Gasteiger partial charge < -0.3 is 0 Å². The lowest BCUT2D eigenvalue weighted by atomic mass is 10.2. The number of nitro benzene ring substituents is 1. The molecule has 1 aromatic carbocycles. The predicted octanol–water partition coefficient (Wildman–Crippen LogP) is 3.52. The Bertz CT molecular complexity index is 784. The van der Waals surface area contributed by atoms with Gasteiger partial charge in [-0.05, 0) is 18.3 Å². The third-order valence-electron chi connectivity index (χ3n) is 2.56. The molecule has 2 aromatic rings. The first-order chi connectivity index (χ1) is 9.62. The molecule has 0 amide bonds. The van der Waals surface area contributed by atoms with E-state index in [1.54, 1.807) is 0 Å². The average Bonchev–Trinajstić information content (AvgIpc) is 2.66. The molecular formula is C10H6ClF3N4O2S. The molecule has 11 heteroatoms. The third kappa shape index (κ3) is 2.76. The monoisotopic (exact) mass is 338 g/mol. The molecule has 21 heavy (non-hydrogen) atoms. The lowest BCUT2D eigenvalue weighted by Crippen LogP contribution is -2.14. The first kappa shape index (κ1) is 15.4. The summed E-state index contributed by atoms with van der Waals surface area (Å²) in [4.78, 5) is 9.92. The van der Waals surface area contributed by atoms with Crippen LogP contribution in [0.4, 0.5) is 18.9 Å². The second kappa shape index (κ2) is 5.11. The van der Waals surface area contributed by atoms with E-state index < -0.39 is 16.9 Å². The largest absolute Gasteiger partial charge is 0.452 e. The Labute approximate surface area is 125 Å². The zero-order valence-corrected chi connectivity index (χ0v) is 11.8. The van der Waals surface area contributed by atoms with Crippen molar-refractivity contribution in [3.05, 3.63) is 43.9 Å². The third-order valence-corrected chi connectivity index (χ3v) is 3.31. The molecule has 0 unspecified atom stereocenters. The molecule has 0 radical (unpaired) electrons. The number of halogens is 4. The van der Waals surface area contributed by atoms with Crippen molar-refractivity contribution >= 4 is 29.5 Å². The topological polar surface area (TPSA) is 65.9 Å². The number of nitrogens with zero attached hydrogens (tertiary/aromatic N) is 4. The maximum absolute atomic E-state index is 13.0. The number of benzene rings is 1. The van der Waals surface area contributed by atoms with Crippen molar-refractivity contribution in [2.24, 2.45) is 7.05 Å². The molecule has 0 aliphatic rings. The van der Waals surface area contributed by atoms with Crippen LogP contribution in [0.3, 0.4) is 0 Å². The fourth-order valence-corrected chi connectivity index (χ4v) is 2.14. The predicted molar refractivity (Wildman–Crippen MR) is 70.0 cm³/mol. The molecule has 0 fully saturated rings. The molecule has 0 atom stereocenters. The molecule has 0 aliphatic carbocycles. The Kier molecular flexibility index (Phi) is 3.76. The van der Waals surface area contributed by atoms with Gasteiger partial charge in [0.1, 0.15) is 0 Å². The SMILES string of the molecule is Cn1nc(C(F)(F)F)n(-c2ccc([N+](=O)[O-])cc2Cl)c1=S. The highest BCUT2D eigenvalue weighted by molar-refractivity contribution is 7.71. The Morgan fingerprint density at radius 3 is 2.52 bits per heavy atom. The normalized spacial score (nSPS) is 11.7. The number of nitro groups is 1. The summed E-state index contributed by atoms with van der Waals surface area (Å²) in [6.45, 7) is 0. The van der Waals surface area contributed by atoms with Gasteiger partial charge in [-0.15, -0.1) is 5.10 Å². The minimum atomic E-state index is -4.75. The second-order valence-electron chi connectivity index (χ2n) is 3.96.